The summed E-state index contributed by atoms with van der Waals surface area (Å²) >= 11 is 0. The van der Waals surface area contributed by atoms with Crippen LogP contribution in [-0.2, 0) is 0 Å². The van der Waals surface area contributed by atoms with Gasteiger partial charge in [-0.05, 0) is 36.4 Å². The molecule has 0 aliphatic rings. The van der Waals surface area contributed by atoms with Gasteiger partial charge in [0.15, 0.2) is 0 Å². The van der Waals surface area contributed by atoms with Gasteiger partial charge in [-0.15, -0.1) is 0 Å². The Balaban J connectivity index is 1.72. The van der Waals surface area contributed by atoms with Crippen LogP contribution in [0.5, 0.6) is 0 Å². The van der Waals surface area contributed by atoms with Crippen LogP contribution in [0.15, 0.2) is 65.2 Å². The first-order valence-corrected chi connectivity index (χ1v) is 7.80. The molecule has 0 bridgehead atoms. The summed E-state index contributed by atoms with van der Waals surface area (Å²) in [6.07, 6.45) is 0. The summed E-state index contributed by atoms with van der Waals surface area (Å²) in [5, 5.41) is 7.50. The zero-order chi connectivity index (χ0) is 18.1. The second-order valence-electron chi connectivity index (χ2n) is 5.62. The number of nitrogen functional groups attached to an aromatic ring is 1. The Hall–Kier alpha value is -3.74. The van der Waals surface area contributed by atoms with Crippen LogP contribution in [0.3, 0.4) is 0 Å². The molecular weight excluding hydrogens is 335 g/mol. The van der Waals surface area contributed by atoms with Crippen LogP contribution in [0.25, 0.3) is 22.3 Å². The van der Waals surface area contributed by atoms with Crippen LogP contribution in [0.1, 0.15) is 10.4 Å². The summed E-state index contributed by atoms with van der Waals surface area (Å²) in [7, 11) is 0. The lowest BCUT2D eigenvalue weighted by Gasteiger charge is -2.06. The number of nitrogens with two attached hydrogens (primary N) is 1. The van der Waals surface area contributed by atoms with Crippen molar-refractivity contribution in [2.45, 2.75) is 0 Å². The number of fused-ring (bicyclic) bond motifs is 1. The van der Waals surface area contributed by atoms with Gasteiger partial charge in [0, 0.05) is 11.1 Å². The van der Waals surface area contributed by atoms with Crippen molar-refractivity contribution in [2.24, 2.45) is 0 Å². The van der Waals surface area contributed by atoms with Gasteiger partial charge in [-0.2, -0.15) is 0 Å². The number of rotatable bonds is 3. The third-order valence-electron chi connectivity index (χ3n) is 3.89. The molecule has 2 heterocycles. The number of carbonyl (C=O) groups is 1. The maximum atomic E-state index is 13.0. The zero-order valence-electron chi connectivity index (χ0n) is 13.4. The van der Waals surface area contributed by atoms with Crippen molar-refractivity contribution >= 4 is 28.4 Å². The highest BCUT2D eigenvalue weighted by atomic mass is 19.1. The molecule has 0 fully saturated rings. The number of anilines is 2. The van der Waals surface area contributed by atoms with E-state index in [1.165, 1.54) is 24.3 Å². The maximum Gasteiger partial charge on any atom is 0.263 e. The lowest BCUT2D eigenvalue weighted by atomic mass is 10.1. The summed E-state index contributed by atoms with van der Waals surface area (Å²) in [6, 6.07) is 16.6. The summed E-state index contributed by atoms with van der Waals surface area (Å²) in [5.74, 6) is -1.02. The molecule has 0 aliphatic carbocycles. The van der Waals surface area contributed by atoms with Gasteiger partial charge in [-0.25, -0.2) is 9.37 Å². The van der Waals surface area contributed by atoms with Gasteiger partial charge in [0.25, 0.3) is 5.91 Å². The van der Waals surface area contributed by atoms with Crippen LogP contribution in [0, 0.1) is 5.82 Å². The molecule has 0 radical (unpaired) electrons. The number of para-hydroxylation sites is 1. The number of hydrogen-bond acceptors (Lipinski definition) is 5. The van der Waals surface area contributed by atoms with Crippen molar-refractivity contribution in [2.75, 3.05) is 11.1 Å². The number of aromatic nitrogens is 2. The minimum Gasteiger partial charge on any atom is -0.367 e. The molecule has 0 unspecified atom stereocenters. The van der Waals surface area contributed by atoms with Crippen molar-refractivity contribution in [3.63, 3.8) is 0 Å². The van der Waals surface area contributed by atoms with Crippen LogP contribution < -0.4 is 11.1 Å². The highest BCUT2D eigenvalue weighted by molar-refractivity contribution is 6.10. The van der Waals surface area contributed by atoms with E-state index in [9.17, 15) is 9.18 Å². The Kier molecular flexibility index (Phi) is 3.81. The first-order valence-electron chi connectivity index (χ1n) is 7.80. The predicted molar refractivity (Wildman–Crippen MR) is 96.0 cm³/mol. The predicted octanol–water partition coefficient (Wildman–Crippen LogP) is 3.86. The Morgan fingerprint density at radius 3 is 2.62 bits per heavy atom. The fourth-order valence-corrected chi connectivity index (χ4v) is 2.62. The fourth-order valence-electron chi connectivity index (χ4n) is 2.62. The number of nitrogens with one attached hydrogen (secondary N) is 1. The molecular formula is C19H13FN4O2. The Bertz CT molecular complexity index is 1110. The average molecular weight is 348 g/mol. The monoisotopic (exact) mass is 348 g/mol. The van der Waals surface area contributed by atoms with Crippen molar-refractivity contribution < 1.29 is 13.7 Å². The van der Waals surface area contributed by atoms with Gasteiger partial charge in [0.05, 0.1) is 11.2 Å². The van der Waals surface area contributed by atoms with Crippen LogP contribution in [0.2, 0.25) is 0 Å². The average Bonchev–Trinajstić information content (AvgIpc) is 3.05. The first-order chi connectivity index (χ1) is 12.6. The van der Waals surface area contributed by atoms with E-state index in [2.05, 4.69) is 15.5 Å². The second-order valence-corrected chi connectivity index (χ2v) is 5.62. The molecule has 0 aliphatic heterocycles. The topological polar surface area (TPSA) is 94.0 Å². The molecule has 4 rings (SSSR count). The minimum absolute atomic E-state index is 0.0807. The number of carbonyl (C=O) groups excluding carboxylic acids is 1. The SMILES string of the molecule is Nc1onc(-c2ccc3ccccc3n2)c1C(=O)Nc1ccc(F)cc1. The van der Waals surface area contributed by atoms with Gasteiger partial charge in [-0.1, -0.05) is 29.4 Å². The van der Waals surface area contributed by atoms with E-state index in [-0.39, 0.29) is 17.1 Å². The number of amides is 1. The van der Waals surface area contributed by atoms with E-state index in [4.69, 9.17) is 10.3 Å². The van der Waals surface area contributed by atoms with Crippen molar-refractivity contribution in [3.05, 3.63) is 72.0 Å². The molecule has 3 N–H and O–H groups in total. The number of pyridine rings is 1. The van der Waals surface area contributed by atoms with Gasteiger partial charge < -0.3 is 15.6 Å². The number of nitrogens with zero attached hydrogens (tertiary/aromatic N) is 2. The summed E-state index contributed by atoms with van der Waals surface area (Å²) in [4.78, 5) is 17.1. The van der Waals surface area contributed by atoms with Crippen molar-refractivity contribution in [1.82, 2.24) is 10.1 Å². The standard InChI is InChI=1S/C19H13FN4O2/c20-12-6-8-13(9-7-12)22-19(25)16-17(24-26-18(16)21)15-10-5-11-3-1-2-4-14(11)23-15/h1-10H,21H2,(H,22,25). The van der Waals surface area contributed by atoms with E-state index in [0.29, 0.717) is 11.4 Å². The largest absolute Gasteiger partial charge is 0.367 e. The second kappa shape index (κ2) is 6.29. The van der Waals surface area contributed by atoms with Gasteiger partial charge >= 0.3 is 0 Å². The maximum absolute atomic E-state index is 13.0. The third-order valence-corrected chi connectivity index (χ3v) is 3.89. The quantitative estimate of drug-likeness (QED) is 0.586. The van der Waals surface area contributed by atoms with E-state index in [1.807, 2.05) is 30.3 Å². The molecule has 6 nitrogen and oxygen atoms in total. The molecule has 2 aromatic heterocycles. The first kappa shape index (κ1) is 15.8. The summed E-state index contributed by atoms with van der Waals surface area (Å²) in [6.45, 7) is 0. The van der Waals surface area contributed by atoms with Crippen LogP contribution in [-0.4, -0.2) is 16.0 Å². The molecule has 4 aromatic rings. The van der Waals surface area contributed by atoms with E-state index >= 15 is 0 Å². The molecule has 26 heavy (non-hydrogen) atoms. The van der Waals surface area contributed by atoms with E-state index < -0.39 is 11.7 Å². The lowest BCUT2D eigenvalue weighted by Crippen LogP contribution is -2.14. The van der Waals surface area contributed by atoms with Crippen molar-refractivity contribution in [1.29, 1.82) is 0 Å². The molecule has 1 amide bonds. The molecule has 0 spiro atoms. The number of benzene rings is 2. The molecule has 128 valence electrons. The van der Waals surface area contributed by atoms with E-state index in [1.54, 1.807) is 6.07 Å². The molecule has 7 heteroatoms. The molecule has 0 saturated carbocycles. The van der Waals surface area contributed by atoms with Gasteiger partial charge in [-0.3, -0.25) is 4.79 Å². The van der Waals surface area contributed by atoms with Crippen LogP contribution in [0.4, 0.5) is 16.0 Å². The Morgan fingerprint density at radius 2 is 1.81 bits per heavy atom. The lowest BCUT2D eigenvalue weighted by molar-refractivity contribution is 0.102. The molecule has 0 saturated heterocycles. The summed E-state index contributed by atoms with van der Waals surface area (Å²) in [5.41, 5.74) is 7.77. The number of halogens is 1. The van der Waals surface area contributed by atoms with Crippen molar-refractivity contribution in [3.8, 4) is 11.4 Å². The number of hydrogen-bond donors (Lipinski definition) is 2. The van der Waals surface area contributed by atoms with Gasteiger partial charge in [0.2, 0.25) is 5.88 Å². The highest BCUT2D eigenvalue weighted by Crippen LogP contribution is 2.28. The van der Waals surface area contributed by atoms with E-state index in [0.717, 1.165) is 10.9 Å². The zero-order valence-corrected chi connectivity index (χ0v) is 13.4. The van der Waals surface area contributed by atoms with Crippen LogP contribution >= 0.6 is 0 Å². The molecule has 2 aromatic carbocycles. The smallest absolute Gasteiger partial charge is 0.263 e. The molecule has 0 atom stereocenters. The summed E-state index contributed by atoms with van der Waals surface area (Å²) < 4.78 is 18.0. The normalized spacial score (nSPS) is 10.8. The highest BCUT2D eigenvalue weighted by Gasteiger charge is 2.23. The fraction of sp³-hybridized carbons (Fsp3) is 0. The Morgan fingerprint density at radius 1 is 1.04 bits per heavy atom. The minimum atomic E-state index is -0.514. The Labute approximate surface area is 147 Å². The van der Waals surface area contributed by atoms with Gasteiger partial charge in [0.1, 0.15) is 17.1 Å². The third kappa shape index (κ3) is 2.86.